The van der Waals surface area contributed by atoms with Gasteiger partial charge < -0.3 is 10.2 Å². The molecule has 0 unspecified atom stereocenters. The van der Waals surface area contributed by atoms with Gasteiger partial charge in [0.05, 0.1) is 48.8 Å². The van der Waals surface area contributed by atoms with Gasteiger partial charge in [0.25, 0.3) is 30.4 Å². The van der Waals surface area contributed by atoms with Crippen molar-refractivity contribution in [3.63, 3.8) is 0 Å². The number of benzene rings is 7. The van der Waals surface area contributed by atoms with Gasteiger partial charge in [-0.2, -0.15) is 30.4 Å². The Balaban J connectivity index is 0.00000282. The first-order chi connectivity index (χ1) is 27.8. The summed E-state index contributed by atoms with van der Waals surface area (Å²) in [7, 11) is -13.9. The van der Waals surface area contributed by atoms with E-state index in [0.717, 1.165) is 18.2 Å². The summed E-state index contributed by atoms with van der Waals surface area (Å²) < 4.78 is 101. The van der Waals surface area contributed by atoms with Crippen molar-refractivity contribution in [1.82, 2.24) is 0 Å². The molecule has 301 valence electrons. The van der Waals surface area contributed by atoms with E-state index in [9.17, 15) is 49.1 Å². The smallest absolute Gasteiger partial charge is 0.294 e. The van der Waals surface area contributed by atoms with Crippen LogP contribution in [-0.2, 0) is 30.4 Å². The average Bonchev–Trinajstić information content (AvgIpc) is 3.18. The summed E-state index contributed by atoms with van der Waals surface area (Å²) in [5.41, 5.74) is 1.53. The van der Waals surface area contributed by atoms with E-state index in [-0.39, 0.29) is 150 Å². The summed E-state index contributed by atoms with van der Waals surface area (Å²) in [6.07, 6.45) is 0. The van der Waals surface area contributed by atoms with E-state index >= 15 is 0 Å². The van der Waals surface area contributed by atoms with Crippen molar-refractivity contribution in [2.24, 2.45) is 35.7 Å². The molecule has 7 rings (SSSR count). The minimum Gasteiger partial charge on any atom is -0.506 e. The van der Waals surface area contributed by atoms with Crippen LogP contribution in [-0.4, -0.2) is 144 Å². The number of rotatable bonds is 10. The minimum absolute atomic E-state index is 0. The average molecular weight is 923 g/mol. The van der Waals surface area contributed by atoms with Crippen LogP contribution in [0.15, 0.2) is 166 Å². The molecule has 7 aromatic rings. The number of aliphatic hydroxyl groups is 1. The number of hydrogen-bond donors (Lipinski definition) is 5. The number of aliphatic hydroxyl groups excluding tert-OH is 1. The van der Waals surface area contributed by atoms with E-state index in [1.54, 1.807) is 30.3 Å². The third-order valence-electron chi connectivity index (χ3n) is 8.66. The molecule has 7 aromatic carbocycles. The van der Waals surface area contributed by atoms with Gasteiger partial charge in [-0.3, -0.25) is 13.7 Å². The first kappa shape index (κ1) is 50.8. The Kier molecular flexibility index (Phi) is 16.6. The number of nitrogens with zero attached hydrogens (tertiary/aromatic N) is 7. The summed E-state index contributed by atoms with van der Waals surface area (Å²) in [6.45, 7) is 1.43. The fourth-order valence-electron chi connectivity index (χ4n) is 5.91. The normalized spacial score (nSPS) is 12.5. The molecule has 24 heteroatoms. The molecular formula is C38H27N7Na3O11S3. The van der Waals surface area contributed by atoms with Gasteiger partial charge in [-0.15, -0.1) is 25.6 Å². The predicted octanol–water partition coefficient (Wildman–Crippen LogP) is 9.30. The molecule has 0 fully saturated rings. The zero-order chi connectivity index (χ0) is 42.3. The Bertz CT molecular complexity index is 3350. The Morgan fingerprint density at radius 1 is 0.435 bits per heavy atom. The molecule has 5 N–H and O–H groups in total. The van der Waals surface area contributed by atoms with Crippen LogP contribution in [0.3, 0.4) is 0 Å². The van der Waals surface area contributed by atoms with Crippen molar-refractivity contribution in [2.45, 2.75) is 21.6 Å². The van der Waals surface area contributed by atoms with Crippen LogP contribution in [0.1, 0.15) is 6.92 Å². The van der Waals surface area contributed by atoms with Gasteiger partial charge in [0.1, 0.15) is 11.4 Å². The molecule has 0 saturated carbocycles. The number of phenols is 1. The van der Waals surface area contributed by atoms with Crippen molar-refractivity contribution in [1.29, 1.82) is 0 Å². The number of aromatic hydroxyl groups is 1. The maximum Gasteiger partial charge on any atom is 0.294 e. The predicted molar refractivity (Wildman–Crippen MR) is 235 cm³/mol. The van der Waals surface area contributed by atoms with Crippen LogP contribution in [0.25, 0.3) is 32.3 Å². The molecule has 18 nitrogen and oxygen atoms in total. The Morgan fingerprint density at radius 2 is 0.823 bits per heavy atom. The summed E-state index contributed by atoms with van der Waals surface area (Å²) >= 11 is 0. The molecule has 0 amide bonds. The molecule has 0 atom stereocenters. The summed E-state index contributed by atoms with van der Waals surface area (Å²) in [4.78, 5) is 2.65. The number of hydrogen-bond acceptors (Lipinski definition) is 14. The van der Waals surface area contributed by atoms with Crippen molar-refractivity contribution in [3.8, 4) is 5.75 Å². The van der Waals surface area contributed by atoms with E-state index in [1.807, 2.05) is 0 Å². The second kappa shape index (κ2) is 20.3. The van der Waals surface area contributed by atoms with E-state index < -0.39 is 40.1 Å². The first-order valence-corrected chi connectivity index (χ1v) is 21.1. The number of azo groups is 3. The SMILES string of the molecule is CC(O)=Nc1ccc(N=Nc2ccc(N=Nc3ccc(N=Nc4c(O)ccc5cc(S(=O)(=O)O)ccc45)c4cc(S(=O)(=O)O)ccc34)c3cc(S(=O)(=O)O)ccc23)cc1.[Na].[Na].[Na]. The third-order valence-corrected chi connectivity index (χ3v) is 11.2. The van der Waals surface area contributed by atoms with Gasteiger partial charge in [0.15, 0.2) is 5.90 Å². The van der Waals surface area contributed by atoms with Crippen molar-refractivity contribution in [3.05, 3.63) is 115 Å². The molecule has 0 saturated heterocycles. The van der Waals surface area contributed by atoms with Crippen molar-refractivity contribution >= 4 is 197 Å². The van der Waals surface area contributed by atoms with E-state index in [1.165, 1.54) is 73.7 Å². The maximum absolute atomic E-state index is 12.2. The van der Waals surface area contributed by atoms with Crippen LogP contribution in [0.2, 0.25) is 0 Å². The van der Waals surface area contributed by atoms with Gasteiger partial charge in [0.2, 0.25) is 0 Å². The first-order valence-electron chi connectivity index (χ1n) is 16.8. The quantitative estimate of drug-likeness (QED) is 0.0283. The van der Waals surface area contributed by atoms with Crippen LogP contribution < -0.4 is 0 Å². The summed E-state index contributed by atoms with van der Waals surface area (Å²) in [5, 5.41) is 47.3. The van der Waals surface area contributed by atoms with Crippen LogP contribution in [0, 0.1) is 0 Å². The molecule has 0 heterocycles. The second-order valence-electron chi connectivity index (χ2n) is 12.6. The van der Waals surface area contributed by atoms with Gasteiger partial charge in [0, 0.05) is 123 Å². The fourth-order valence-corrected chi connectivity index (χ4v) is 7.44. The number of phenolic OH excluding ortho intramolecular Hbond substituents is 1. The molecule has 0 bridgehead atoms. The molecule has 0 aromatic heterocycles. The molecule has 3 radical (unpaired) electrons. The minimum atomic E-state index is -4.71. The fraction of sp³-hybridized carbons (Fsp3) is 0.0263. The summed E-state index contributed by atoms with van der Waals surface area (Å²) in [6, 6.07) is 26.1. The van der Waals surface area contributed by atoms with Gasteiger partial charge in [-0.1, -0.05) is 24.3 Å². The molecule has 0 aliphatic carbocycles. The zero-order valence-corrected chi connectivity index (χ0v) is 41.5. The van der Waals surface area contributed by atoms with E-state index in [4.69, 9.17) is 0 Å². The Morgan fingerprint density at radius 3 is 1.27 bits per heavy atom. The van der Waals surface area contributed by atoms with Gasteiger partial charge >= 0.3 is 0 Å². The van der Waals surface area contributed by atoms with Crippen LogP contribution in [0.4, 0.5) is 39.8 Å². The van der Waals surface area contributed by atoms with Crippen LogP contribution >= 0.6 is 0 Å². The number of aliphatic imine (C=N–C) groups is 1. The second-order valence-corrected chi connectivity index (χ2v) is 16.9. The van der Waals surface area contributed by atoms with E-state index in [2.05, 4.69) is 35.7 Å². The standard InChI is InChI=1S/C38H27N7O11S3.3Na/c1-21(46)39-23-3-5-24(6-4-23)40-41-33-13-15-35(31-19-26(58(51,52)53)8-11-29(31)33)43-42-34-14-16-36(32-20-27(59(54,55)56)9-12-30(32)34)44-45-38-28-10-7-25(57(48,49)50)18-22(28)2-17-37(38)47;;;/h2-20,47H,1H3,(H,39,46)(H,48,49,50)(H,51,52,53)(H,54,55,56);;;. The molecule has 62 heavy (non-hydrogen) atoms. The molecular weight excluding hydrogens is 896 g/mol. The Hall–Kier alpha value is -3.88. The Labute approximate surface area is 419 Å². The molecule has 0 aliphatic heterocycles. The molecule has 0 aliphatic rings. The van der Waals surface area contributed by atoms with Crippen molar-refractivity contribution < 1.29 is 49.1 Å². The monoisotopic (exact) mass is 922 g/mol. The molecule has 0 spiro atoms. The van der Waals surface area contributed by atoms with Gasteiger partial charge in [-0.25, -0.2) is 4.99 Å². The van der Waals surface area contributed by atoms with Crippen molar-refractivity contribution in [2.75, 3.05) is 0 Å². The number of fused-ring (bicyclic) bond motifs is 3. The van der Waals surface area contributed by atoms with Crippen LogP contribution in [0.5, 0.6) is 5.75 Å². The third kappa shape index (κ3) is 11.6. The summed E-state index contributed by atoms with van der Waals surface area (Å²) in [5.74, 6) is -0.446. The maximum atomic E-state index is 12.2. The van der Waals surface area contributed by atoms with E-state index in [0.29, 0.717) is 27.8 Å². The van der Waals surface area contributed by atoms with Gasteiger partial charge in [-0.05, 0) is 96.4 Å². The largest absolute Gasteiger partial charge is 0.506 e. The zero-order valence-electron chi connectivity index (χ0n) is 33.0. The topological polar surface area (TPSA) is 290 Å².